The Balaban J connectivity index is 2.13. The highest BCUT2D eigenvalue weighted by atomic mass is 32.1. The summed E-state index contributed by atoms with van der Waals surface area (Å²) in [4.78, 5) is 16.3. The fourth-order valence-electron chi connectivity index (χ4n) is 2.44. The van der Waals surface area contributed by atoms with E-state index in [1.807, 2.05) is 13.0 Å². The van der Waals surface area contributed by atoms with E-state index < -0.39 is 0 Å². The van der Waals surface area contributed by atoms with Crippen LogP contribution in [0.5, 0.6) is 0 Å². The highest BCUT2D eigenvalue weighted by Crippen LogP contribution is 2.24. The van der Waals surface area contributed by atoms with E-state index in [-0.39, 0.29) is 24.7 Å². The number of carbonyl (C=O) groups excluding carboxylic acids is 1. The van der Waals surface area contributed by atoms with Crippen molar-refractivity contribution in [2.75, 3.05) is 19.7 Å². The van der Waals surface area contributed by atoms with Crippen LogP contribution < -0.4 is 0 Å². The number of morpholine rings is 1. The SMILES string of the molecule is CCc1cc(C(=O)N2CC(C)OC(CO)C2)sc1C. The third-order valence-corrected chi connectivity index (χ3v) is 4.51. The molecule has 2 unspecified atom stereocenters. The van der Waals surface area contributed by atoms with E-state index >= 15 is 0 Å². The van der Waals surface area contributed by atoms with Crippen LogP contribution in [0.4, 0.5) is 0 Å². The van der Waals surface area contributed by atoms with Gasteiger partial charge in [-0.2, -0.15) is 0 Å². The van der Waals surface area contributed by atoms with E-state index in [1.165, 1.54) is 10.4 Å². The highest BCUT2D eigenvalue weighted by molar-refractivity contribution is 7.14. The van der Waals surface area contributed by atoms with Gasteiger partial charge in [-0.1, -0.05) is 6.92 Å². The molecule has 1 saturated heterocycles. The second kappa shape index (κ2) is 6.03. The summed E-state index contributed by atoms with van der Waals surface area (Å²) in [5.74, 6) is 0.0569. The van der Waals surface area contributed by atoms with E-state index in [0.29, 0.717) is 13.1 Å². The first-order chi connectivity index (χ1) is 9.05. The van der Waals surface area contributed by atoms with E-state index in [1.54, 1.807) is 16.2 Å². The molecule has 1 aliphatic rings. The Kier molecular flexibility index (Phi) is 4.60. The van der Waals surface area contributed by atoms with Crippen LogP contribution in [0, 0.1) is 6.92 Å². The van der Waals surface area contributed by atoms with Gasteiger partial charge in [0.2, 0.25) is 0 Å². The van der Waals surface area contributed by atoms with E-state index in [2.05, 4.69) is 13.8 Å². The Morgan fingerprint density at radius 3 is 2.89 bits per heavy atom. The van der Waals surface area contributed by atoms with Crippen molar-refractivity contribution in [1.29, 1.82) is 0 Å². The number of aliphatic hydroxyl groups excluding tert-OH is 1. The third kappa shape index (κ3) is 3.16. The quantitative estimate of drug-likeness (QED) is 0.921. The maximum atomic E-state index is 12.5. The lowest BCUT2D eigenvalue weighted by Gasteiger charge is -2.35. The van der Waals surface area contributed by atoms with Crippen molar-refractivity contribution in [3.8, 4) is 0 Å². The molecular weight excluding hydrogens is 262 g/mol. The molecule has 0 aromatic carbocycles. The molecule has 2 rings (SSSR count). The molecule has 0 spiro atoms. The average molecular weight is 283 g/mol. The van der Waals surface area contributed by atoms with Gasteiger partial charge in [-0.05, 0) is 31.9 Å². The maximum Gasteiger partial charge on any atom is 0.264 e. The molecule has 1 amide bonds. The fraction of sp³-hybridized carbons (Fsp3) is 0.643. The van der Waals surface area contributed by atoms with Crippen LogP contribution in [-0.4, -0.2) is 47.8 Å². The predicted octanol–water partition coefficient (Wildman–Crippen LogP) is 1.84. The molecule has 1 N–H and O–H groups in total. The number of ether oxygens (including phenoxy) is 1. The monoisotopic (exact) mass is 283 g/mol. The van der Waals surface area contributed by atoms with E-state index in [4.69, 9.17) is 4.74 Å². The Bertz CT molecular complexity index is 458. The Labute approximate surface area is 118 Å². The summed E-state index contributed by atoms with van der Waals surface area (Å²) in [5, 5.41) is 9.20. The minimum atomic E-state index is -0.264. The van der Waals surface area contributed by atoms with Crippen molar-refractivity contribution >= 4 is 17.2 Å². The Hall–Kier alpha value is -0.910. The minimum Gasteiger partial charge on any atom is -0.394 e. The number of carbonyl (C=O) groups is 1. The van der Waals surface area contributed by atoms with Gasteiger partial charge >= 0.3 is 0 Å². The summed E-state index contributed by atoms with van der Waals surface area (Å²) in [6, 6.07) is 2.00. The van der Waals surface area contributed by atoms with Crippen molar-refractivity contribution in [2.45, 2.75) is 39.4 Å². The van der Waals surface area contributed by atoms with E-state index in [0.717, 1.165) is 11.3 Å². The van der Waals surface area contributed by atoms with Crippen LogP contribution in [-0.2, 0) is 11.2 Å². The number of amides is 1. The van der Waals surface area contributed by atoms with E-state index in [9.17, 15) is 9.90 Å². The summed E-state index contributed by atoms with van der Waals surface area (Å²) >= 11 is 1.56. The number of aliphatic hydroxyl groups is 1. The molecule has 19 heavy (non-hydrogen) atoms. The van der Waals surface area contributed by atoms with Gasteiger partial charge in [0, 0.05) is 18.0 Å². The van der Waals surface area contributed by atoms with Crippen LogP contribution in [0.25, 0.3) is 0 Å². The number of hydrogen-bond acceptors (Lipinski definition) is 4. The summed E-state index contributed by atoms with van der Waals surface area (Å²) in [6.07, 6.45) is 0.662. The molecule has 1 aromatic rings. The first-order valence-electron chi connectivity index (χ1n) is 6.70. The van der Waals surface area contributed by atoms with Crippen LogP contribution >= 0.6 is 11.3 Å². The zero-order chi connectivity index (χ0) is 14.0. The topological polar surface area (TPSA) is 49.8 Å². The molecule has 1 fully saturated rings. The first-order valence-corrected chi connectivity index (χ1v) is 7.51. The van der Waals surface area contributed by atoms with Gasteiger partial charge in [0.15, 0.2) is 0 Å². The maximum absolute atomic E-state index is 12.5. The largest absolute Gasteiger partial charge is 0.394 e. The van der Waals surface area contributed by atoms with Gasteiger partial charge in [-0.25, -0.2) is 0 Å². The van der Waals surface area contributed by atoms with Crippen LogP contribution in [0.1, 0.15) is 34.0 Å². The lowest BCUT2D eigenvalue weighted by molar-refractivity contribution is -0.0857. The van der Waals surface area contributed by atoms with Crippen molar-refractivity contribution < 1.29 is 14.6 Å². The van der Waals surface area contributed by atoms with Crippen LogP contribution in [0.3, 0.4) is 0 Å². The molecule has 106 valence electrons. The Morgan fingerprint density at radius 1 is 1.58 bits per heavy atom. The lowest BCUT2D eigenvalue weighted by atomic mass is 10.2. The molecule has 0 bridgehead atoms. The number of aryl methyl sites for hydroxylation is 2. The molecule has 1 aromatic heterocycles. The lowest BCUT2D eigenvalue weighted by Crippen LogP contribution is -2.50. The molecule has 0 radical (unpaired) electrons. The summed E-state index contributed by atoms with van der Waals surface area (Å²) < 4.78 is 5.56. The zero-order valence-electron chi connectivity index (χ0n) is 11.7. The second-order valence-corrected chi connectivity index (χ2v) is 6.26. The summed E-state index contributed by atoms with van der Waals surface area (Å²) in [6.45, 7) is 7.10. The summed E-state index contributed by atoms with van der Waals surface area (Å²) in [5.41, 5.74) is 1.24. The fourth-order valence-corrected chi connectivity index (χ4v) is 3.53. The second-order valence-electron chi connectivity index (χ2n) is 5.01. The number of rotatable bonds is 3. The number of thiophene rings is 1. The van der Waals surface area contributed by atoms with Crippen LogP contribution in [0.2, 0.25) is 0 Å². The highest BCUT2D eigenvalue weighted by Gasteiger charge is 2.29. The molecule has 0 saturated carbocycles. The number of hydrogen-bond donors (Lipinski definition) is 1. The third-order valence-electron chi connectivity index (χ3n) is 3.43. The molecular formula is C14H21NO3S. The standard InChI is InChI=1S/C14H21NO3S/c1-4-11-5-13(19-10(11)3)14(17)15-6-9(2)18-12(7-15)8-16/h5,9,12,16H,4,6-8H2,1-3H3. The van der Waals surface area contributed by atoms with Gasteiger partial charge in [0.05, 0.1) is 23.7 Å². The molecule has 0 aliphatic carbocycles. The van der Waals surface area contributed by atoms with Crippen molar-refractivity contribution in [3.05, 3.63) is 21.4 Å². The van der Waals surface area contributed by atoms with Crippen LogP contribution in [0.15, 0.2) is 6.07 Å². The van der Waals surface area contributed by atoms with Crippen molar-refractivity contribution in [3.63, 3.8) is 0 Å². The van der Waals surface area contributed by atoms with Gasteiger partial charge in [-0.15, -0.1) is 11.3 Å². The Morgan fingerprint density at radius 2 is 2.32 bits per heavy atom. The van der Waals surface area contributed by atoms with Crippen molar-refractivity contribution in [1.82, 2.24) is 4.90 Å². The minimum absolute atomic E-state index is 0.0263. The molecule has 5 heteroatoms. The zero-order valence-corrected chi connectivity index (χ0v) is 12.5. The molecule has 2 heterocycles. The first kappa shape index (κ1) is 14.5. The number of nitrogens with zero attached hydrogens (tertiary/aromatic N) is 1. The normalized spacial score (nSPS) is 23.7. The van der Waals surface area contributed by atoms with Gasteiger partial charge in [0.25, 0.3) is 5.91 Å². The smallest absolute Gasteiger partial charge is 0.264 e. The summed E-state index contributed by atoms with van der Waals surface area (Å²) in [7, 11) is 0. The average Bonchev–Trinajstić information content (AvgIpc) is 2.78. The molecule has 1 aliphatic heterocycles. The van der Waals surface area contributed by atoms with Crippen molar-refractivity contribution in [2.24, 2.45) is 0 Å². The van der Waals surface area contributed by atoms with Gasteiger partial charge in [0.1, 0.15) is 0 Å². The molecule has 2 atom stereocenters. The van der Waals surface area contributed by atoms with Gasteiger partial charge in [-0.3, -0.25) is 4.79 Å². The predicted molar refractivity (Wildman–Crippen MR) is 75.8 cm³/mol. The molecule has 4 nitrogen and oxygen atoms in total. The van der Waals surface area contributed by atoms with Gasteiger partial charge < -0.3 is 14.7 Å².